The Morgan fingerprint density at radius 2 is 2.00 bits per heavy atom. The average Bonchev–Trinajstić information content (AvgIpc) is 2.09. The summed E-state index contributed by atoms with van der Waals surface area (Å²) in [7, 11) is -3.27. The molecule has 0 spiro atoms. The first kappa shape index (κ1) is 12.0. The zero-order chi connectivity index (χ0) is 11.6. The minimum atomic E-state index is -3.27. The van der Waals surface area contributed by atoms with Crippen molar-refractivity contribution in [2.75, 3.05) is 0 Å². The fraction of sp³-hybridized carbons (Fsp3) is 0.400. The fourth-order valence-corrected chi connectivity index (χ4v) is 2.05. The molecule has 0 saturated heterocycles. The van der Waals surface area contributed by atoms with Gasteiger partial charge in [0.05, 0.1) is 11.0 Å². The van der Waals surface area contributed by atoms with Crippen LogP contribution in [0.3, 0.4) is 0 Å². The molecule has 0 amide bonds. The molecular weight excluding hydrogens is 219 g/mol. The van der Waals surface area contributed by atoms with Crippen molar-refractivity contribution in [2.24, 2.45) is 0 Å². The third-order valence-electron chi connectivity index (χ3n) is 2.12. The quantitative estimate of drug-likeness (QED) is 0.865. The summed E-state index contributed by atoms with van der Waals surface area (Å²) >= 11 is 0. The van der Waals surface area contributed by atoms with Crippen LogP contribution in [0, 0.1) is 5.82 Å². The van der Waals surface area contributed by atoms with Gasteiger partial charge in [0, 0.05) is 11.6 Å². The van der Waals surface area contributed by atoms with Crippen molar-refractivity contribution < 1.29 is 17.9 Å². The Balaban J connectivity index is 3.01. The van der Waals surface area contributed by atoms with E-state index in [4.69, 9.17) is 0 Å². The van der Waals surface area contributed by atoms with Gasteiger partial charge in [0.2, 0.25) is 0 Å². The van der Waals surface area contributed by atoms with Gasteiger partial charge in [-0.3, -0.25) is 0 Å². The smallest absolute Gasteiger partial charge is 0.156 e. The molecule has 1 rings (SSSR count). The number of aromatic hydroxyl groups is 1. The number of phenols is 1. The molecule has 0 aliphatic carbocycles. The highest BCUT2D eigenvalue weighted by molar-refractivity contribution is 7.91. The van der Waals surface area contributed by atoms with Crippen molar-refractivity contribution in [2.45, 2.75) is 24.9 Å². The molecule has 15 heavy (non-hydrogen) atoms. The van der Waals surface area contributed by atoms with Crippen LogP contribution in [0.1, 0.15) is 19.4 Å². The van der Waals surface area contributed by atoms with E-state index in [0.717, 1.165) is 12.1 Å². The van der Waals surface area contributed by atoms with E-state index in [1.807, 2.05) is 0 Å². The number of benzene rings is 1. The second-order valence-electron chi connectivity index (χ2n) is 3.63. The second kappa shape index (κ2) is 4.18. The van der Waals surface area contributed by atoms with Crippen LogP contribution in [-0.4, -0.2) is 18.8 Å². The van der Waals surface area contributed by atoms with E-state index in [2.05, 4.69) is 0 Å². The number of rotatable bonds is 3. The van der Waals surface area contributed by atoms with E-state index < -0.39 is 20.9 Å². The monoisotopic (exact) mass is 232 g/mol. The molecule has 0 aliphatic rings. The second-order valence-corrected chi connectivity index (χ2v) is 6.19. The van der Waals surface area contributed by atoms with Crippen LogP contribution < -0.4 is 0 Å². The van der Waals surface area contributed by atoms with Crippen molar-refractivity contribution in [1.29, 1.82) is 0 Å². The van der Waals surface area contributed by atoms with E-state index in [9.17, 15) is 17.9 Å². The van der Waals surface area contributed by atoms with Crippen molar-refractivity contribution >= 4 is 9.84 Å². The average molecular weight is 232 g/mol. The molecule has 0 radical (unpaired) electrons. The van der Waals surface area contributed by atoms with Gasteiger partial charge in [-0.05, 0) is 19.9 Å². The van der Waals surface area contributed by atoms with Gasteiger partial charge >= 0.3 is 0 Å². The van der Waals surface area contributed by atoms with Crippen LogP contribution in [0.4, 0.5) is 4.39 Å². The summed E-state index contributed by atoms with van der Waals surface area (Å²) < 4.78 is 35.7. The molecule has 3 nitrogen and oxygen atoms in total. The van der Waals surface area contributed by atoms with Gasteiger partial charge in [-0.2, -0.15) is 0 Å². The Morgan fingerprint density at radius 3 is 2.47 bits per heavy atom. The van der Waals surface area contributed by atoms with Crippen molar-refractivity contribution in [1.82, 2.24) is 0 Å². The molecule has 1 N–H and O–H groups in total. The molecule has 0 heterocycles. The van der Waals surface area contributed by atoms with Crippen molar-refractivity contribution in [3.63, 3.8) is 0 Å². The molecule has 0 bridgehead atoms. The molecule has 0 aromatic heterocycles. The Kier molecular flexibility index (Phi) is 3.34. The Bertz CT molecular complexity index is 452. The number of phenolic OH excluding ortho intramolecular Hbond substituents is 1. The van der Waals surface area contributed by atoms with E-state index in [0.29, 0.717) is 0 Å². The van der Waals surface area contributed by atoms with Gasteiger partial charge in [-0.15, -0.1) is 0 Å². The highest BCUT2D eigenvalue weighted by Crippen LogP contribution is 2.21. The Hall–Kier alpha value is -1.10. The Labute approximate surface area is 88.5 Å². The van der Waals surface area contributed by atoms with Gasteiger partial charge < -0.3 is 5.11 Å². The molecule has 84 valence electrons. The summed E-state index contributed by atoms with van der Waals surface area (Å²) in [5.41, 5.74) is 0.227. The molecule has 5 heteroatoms. The largest absolute Gasteiger partial charge is 0.508 e. The summed E-state index contributed by atoms with van der Waals surface area (Å²) in [6, 6.07) is 3.32. The highest BCUT2D eigenvalue weighted by atomic mass is 32.2. The fourth-order valence-electron chi connectivity index (χ4n) is 1.04. The van der Waals surface area contributed by atoms with Gasteiger partial charge in [0.1, 0.15) is 11.6 Å². The summed E-state index contributed by atoms with van der Waals surface area (Å²) in [6.45, 7) is 3.13. The number of hydrogen-bond acceptors (Lipinski definition) is 3. The van der Waals surface area contributed by atoms with Crippen molar-refractivity contribution in [3.05, 3.63) is 29.6 Å². The normalized spacial score (nSPS) is 12.0. The third-order valence-corrected chi connectivity index (χ3v) is 4.27. The maximum atomic E-state index is 12.6. The van der Waals surface area contributed by atoms with E-state index in [-0.39, 0.29) is 17.1 Å². The van der Waals surface area contributed by atoms with Crippen LogP contribution in [-0.2, 0) is 15.6 Å². The van der Waals surface area contributed by atoms with E-state index >= 15 is 0 Å². The van der Waals surface area contributed by atoms with Crippen LogP contribution in [0.5, 0.6) is 5.75 Å². The predicted octanol–water partition coefficient (Wildman–Crippen LogP) is 1.85. The predicted molar refractivity (Wildman–Crippen MR) is 55.8 cm³/mol. The Morgan fingerprint density at radius 1 is 1.40 bits per heavy atom. The minimum Gasteiger partial charge on any atom is -0.508 e. The SMILES string of the molecule is CC(C)S(=O)(=O)Cc1ccc(F)cc1O. The lowest BCUT2D eigenvalue weighted by Gasteiger charge is -2.08. The zero-order valence-corrected chi connectivity index (χ0v) is 9.38. The van der Waals surface area contributed by atoms with Crippen LogP contribution in [0.2, 0.25) is 0 Å². The maximum Gasteiger partial charge on any atom is 0.156 e. The van der Waals surface area contributed by atoms with Crippen LogP contribution >= 0.6 is 0 Å². The molecule has 1 aromatic carbocycles. The number of halogens is 1. The summed E-state index contributed by atoms with van der Waals surface area (Å²) in [6.07, 6.45) is 0. The molecule has 0 aliphatic heterocycles. The first-order valence-corrected chi connectivity index (χ1v) is 6.23. The zero-order valence-electron chi connectivity index (χ0n) is 8.57. The maximum absolute atomic E-state index is 12.6. The third kappa shape index (κ3) is 2.92. The molecule has 1 aromatic rings. The van der Waals surface area contributed by atoms with Crippen LogP contribution in [0.15, 0.2) is 18.2 Å². The van der Waals surface area contributed by atoms with E-state index in [1.54, 1.807) is 13.8 Å². The number of sulfone groups is 1. The molecular formula is C10H13FO3S. The molecule has 0 fully saturated rings. The number of hydrogen-bond donors (Lipinski definition) is 1. The lowest BCUT2D eigenvalue weighted by Crippen LogP contribution is -2.16. The standard InChI is InChI=1S/C10H13FO3S/c1-7(2)15(13,14)6-8-3-4-9(11)5-10(8)12/h3-5,7,12H,6H2,1-2H3. The molecule has 0 unspecified atom stereocenters. The first-order valence-electron chi connectivity index (χ1n) is 4.52. The van der Waals surface area contributed by atoms with Crippen LogP contribution in [0.25, 0.3) is 0 Å². The van der Waals surface area contributed by atoms with Crippen molar-refractivity contribution in [3.8, 4) is 5.75 Å². The summed E-state index contributed by atoms with van der Waals surface area (Å²) in [4.78, 5) is 0. The highest BCUT2D eigenvalue weighted by Gasteiger charge is 2.18. The molecule has 0 saturated carbocycles. The summed E-state index contributed by atoms with van der Waals surface area (Å²) in [5.74, 6) is -1.17. The summed E-state index contributed by atoms with van der Waals surface area (Å²) in [5, 5.41) is 8.82. The van der Waals surface area contributed by atoms with Gasteiger partial charge in [0.15, 0.2) is 9.84 Å². The minimum absolute atomic E-state index is 0.227. The lowest BCUT2D eigenvalue weighted by molar-refractivity contribution is 0.463. The van der Waals surface area contributed by atoms with E-state index in [1.165, 1.54) is 6.07 Å². The first-order chi connectivity index (χ1) is 6.83. The van der Waals surface area contributed by atoms with Gasteiger partial charge in [-0.25, -0.2) is 12.8 Å². The van der Waals surface area contributed by atoms with Gasteiger partial charge in [0.25, 0.3) is 0 Å². The lowest BCUT2D eigenvalue weighted by atomic mass is 10.2. The molecule has 0 atom stereocenters. The van der Waals surface area contributed by atoms with Gasteiger partial charge in [-0.1, -0.05) is 6.07 Å². The topological polar surface area (TPSA) is 54.4 Å².